The Labute approximate surface area is 57.3 Å². The van der Waals surface area contributed by atoms with Crippen molar-refractivity contribution in [2.24, 2.45) is 0 Å². The smallest absolute Gasteiger partial charge is 0.230 e. The predicted molar refractivity (Wildman–Crippen MR) is 34.1 cm³/mol. The Kier molecular flexibility index (Phi) is 5.64. The van der Waals surface area contributed by atoms with Crippen molar-refractivity contribution in [1.29, 1.82) is 0 Å². The third-order valence-electron chi connectivity index (χ3n) is 0.667. The van der Waals surface area contributed by atoms with Crippen LogP contribution >= 0.6 is 0 Å². The second kappa shape index (κ2) is 4.46. The topological polar surface area (TPSA) is 60.4 Å². The summed E-state index contributed by atoms with van der Waals surface area (Å²) < 4.78 is 20.3. The number of rotatable bonds is 1. The predicted octanol–water partition coefficient (Wildman–Crippen LogP) is -0.105. The molecular formula is C4H10NO3S-. The maximum atomic E-state index is 10.1. The molecule has 0 heterocycles. The molecule has 0 saturated carbocycles. The molecule has 1 atom stereocenters. The SMILES string of the molecule is C.CC(=O)N(C)S(=O)[O-]. The van der Waals surface area contributed by atoms with Gasteiger partial charge in [0.2, 0.25) is 5.91 Å². The monoisotopic (exact) mass is 152 g/mol. The van der Waals surface area contributed by atoms with E-state index in [1.54, 1.807) is 0 Å². The number of amides is 1. The van der Waals surface area contributed by atoms with Gasteiger partial charge in [-0.1, -0.05) is 7.43 Å². The van der Waals surface area contributed by atoms with Gasteiger partial charge in [0.05, 0.1) is 0 Å². The third-order valence-corrected chi connectivity index (χ3v) is 1.37. The molecule has 0 N–H and O–H groups in total. The molecule has 1 unspecified atom stereocenters. The molecule has 0 bridgehead atoms. The average molecular weight is 152 g/mol. The molecule has 0 aliphatic heterocycles. The summed E-state index contributed by atoms with van der Waals surface area (Å²) in [5.41, 5.74) is 0. The van der Waals surface area contributed by atoms with Crippen LogP contribution in [0.5, 0.6) is 0 Å². The normalized spacial score (nSPS) is 11.4. The van der Waals surface area contributed by atoms with E-state index in [1.165, 1.54) is 14.0 Å². The first-order valence-electron chi connectivity index (χ1n) is 1.89. The highest BCUT2D eigenvalue weighted by atomic mass is 32.2. The van der Waals surface area contributed by atoms with E-state index in [1.807, 2.05) is 0 Å². The maximum absolute atomic E-state index is 10.1. The first-order valence-corrected chi connectivity index (χ1v) is 2.92. The summed E-state index contributed by atoms with van der Waals surface area (Å²) in [6.07, 6.45) is 0. The van der Waals surface area contributed by atoms with Gasteiger partial charge >= 0.3 is 0 Å². The van der Waals surface area contributed by atoms with E-state index in [4.69, 9.17) is 0 Å². The zero-order valence-electron chi connectivity index (χ0n) is 4.58. The van der Waals surface area contributed by atoms with Crippen molar-refractivity contribution < 1.29 is 13.6 Å². The third kappa shape index (κ3) is 4.11. The van der Waals surface area contributed by atoms with Gasteiger partial charge in [0.15, 0.2) is 0 Å². The Morgan fingerprint density at radius 3 is 2.00 bits per heavy atom. The van der Waals surface area contributed by atoms with E-state index >= 15 is 0 Å². The highest BCUT2D eigenvalue weighted by Gasteiger charge is 1.98. The van der Waals surface area contributed by atoms with Crippen LogP contribution in [0, 0.1) is 0 Å². The maximum Gasteiger partial charge on any atom is 0.230 e. The highest BCUT2D eigenvalue weighted by Crippen LogP contribution is 1.84. The van der Waals surface area contributed by atoms with E-state index in [2.05, 4.69) is 0 Å². The Hall–Kier alpha value is -0.420. The molecule has 5 heteroatoms. The Morgan fingerprint density at radius 1 is 1.67 bits per heavy atom. The first kappa shape index (κ1) is 11.4. The minimum Gasteiger partial charge on any atom is -0.755 e. The summed E-state index contributed by atoms with van der Waals surface area (Å²) in [6, 6.07) is 0. The van der Waals surface area contributed by atoms with Gasteiger partial charge in [-0.25, -0.2) is 0 Å². The van der Waals surface area contributed by atoms with Gasteiger partial charge in [0.1, 0.15) is 0 Å². The molecule has 0 spiro atoms. The molecule has 0 aromatic rings. The minimum absolute atomic E-state index is 0. The van der Waals surface area contributed by atoms with Crippen LogP contribution in [0.25, 0.3) is 0 Å². The number of carbonyl (C=O) groups is 1. The van der Waals surface area contributed by atoms with Crippen LogP contribution < -0.4 is 0 Å². The molecule has 56 valence electrons. The largest absolute Gasteiger partial charge is 0.755 e. The molecule has 0 aromatic heterocycles. The number of nitrogens with zero attached hydrogens (tertiary/aromatic N) is 1. The van der Waals surface area contributed by atoms with E-state index < -0.39 is 17.2 Å². The van der Waals surface area contributed by atoms with Gasteiger partial charge in [-0.15, -0.1) is 0 Å². The summed E-state index contributed by atoms with van der Waals surface area (Å²) in [5.74, 6) is -0.488. The highest BCUT2D eigenvalue weighted by molar-refractivity contribution is 7.77. The Bertz CT molecular complexity index is 111. The summed E-state index contributed by atoms with van der Waals surface area (Å²) in [7, 11) is 1.19. The molecule has 1 amide bonds. The van der Waals surface area contributed by atoms with Crippen molar-refractivity contribution in [3.63, 3.8) is 0 Å². The Balaban J connectivity index is 0. The van der Waals surface area contributed by atoms with Gasteiger partial charge in [0, 0.05) is 25.2 Å². The Morgan fingerprint density at radius 2 is 2.00 bits per heavy atom. The molecule has 4 nitrogen and oxygen atoms in total. The minimum atomic E-state index is -2.41. The van der Waals surface area contributed by atoms with E-state index in [9.17, 15) is 13.6 Å². The van der Waals surface area contributed by atoms with Crippen LogP contribution in [-0.4, -0.2) is 26.0 Å². The quantitative estimate of drug-likeness (QED) is 0.493. The van der Waals surface area contributed by atoms with Crippen molar-refractivity contribution in [2.75, 3.05) is 7.05 Å². The van der Waals surface area contributed by atoms with Crippen molar-refractivity contribution in [1.82, 2.24) is 4.31 Å². The van der Waals surface area contributed by atoms with Gasteiger partial charge in [0.25, 0.3) is 0 Å². The lowest BCUT2D eigenvalue weighted by atomic mass is 10.7. The lowest BCUT2D eigenvalue weighted by Crippen LogP contribution is -2.25. The van der Waals surface area contributed by atoms with Gasteiger partial charge in [-0.3, -0.25) is 13.3 Å². The number of hydrogen-bond acceptors (Lipinski definition) is 3. The second-order valence-corrected chi connectivity index (χ2v) is 2.22. The molecule has 0 aromatic carbocycles. The fourth-order valence-corrected chi connectivity index (χ4v) is 0.315. The zero-order chi connectivity index (χ0) is 6.73. The van der Waals surface area contributed by atoms with Crippen molar-refractivity contribution in [3.05, 3.63) is 0 Å². The van der Waals surface area contributed by atoms with E-state index in [-0.39, 0.29) is 7.43 Å². The summed E-state index contributed by atoms with van der Waals surface area (Å²) >= 11 is -2.41. The standard InChI is InChI=1S/C3H7NO3S.CH4/c1-3(5)4(2)8(6)7;/h1-2H3,(H,6,7);1H4/p-1. The molecule has 9 heavy (non-hydrogen) atoms. The van der Waals surface area contributed by atoms with E-state index in [0.29, 0.717) is 4.31 Å². The first-order chi connectivity index (χ1) is 3.55. The van der Waals surface area contributed by atoms with Gasteiger partial charge in [-0.05, 0) is 0 Å². The van der Waals surface area contributed by atoms with Crippen molar-refractivity contribution in [3.8, 4) is 0 Å². The van der Waals surface area contributed by atoms with Gasteiger partial charge < -0.3 is 4.55 Å². The fraction of sp³-hybridized carbons (Fsp3) is 0.750. The fourth-order valence-electron chi connectivity index (χ4n) is 0.105. The van der Waals surface area contributed by atoms with Crippen LogP contribution in [0.3, 0.4) is 0 Å². The van der Waals surface area contributed by atoms with E-state index in [0.717, 1.165) is 0 Å². The van der Waals surface area contributed by atoms with Crippen molar-refractivity contribution >= 4 is 17.2 Å². The molecule has 0 fully saturated rings. The molecule has 0 saturated heterocycles. The van der Waals surface area contributed by atoms with Crippen molar-refractivity contribution in [2.45, 2.75) is 14.4 Å². The lowest BCUT2D eigenvalue weighted by molar-refractivity contribution is -0.123. The van der Waals surface area contributed by atoms with Crippen LogP contribution in [0.4, 0.5) is 0 Å². The number of hydrogen-bond donors (Lipinski definition) is 0. The molecule has 0 rings (SSSR count). The summed E-state index contributed by atoms with van der Waals surface area (Å²) in [6.45, 7) is 1.18. The van der Waals surface area contributed by atoms with Crippen LogP contribution in [0.15, 0.2) is 0 Å². The zero-order valence-corrected chi connectivity index (χ0v) is 5.40. The van der Waals surface area contributed by atoms with Crippen LogP contribution in [0.2, 0.25) is 0 Å². The molecule has 0 radical (unpaired) electrons. The number of carbonyl (C=O) groups excluding carboxylic acids is 1. The summed E-state index contributed by atoms with van der Waals surface area (Å²) in [4.78, 5) is 10.1. The van der Waals surface area contributed by atoms with Crippen LogP contribution in [0.1, 0.15) is 14.4 Å². The van der Waals surface area contributed by atoms with Crippen LogP contribution in [-0.2, 0) is 16.1 Å². The average Bonchev–Trinajstić information content (AvgIpc) is 1.64. The summed E-state index contributed by atoms with van der Waals surface area (Å²) in [5, 5.41) is 0. The molecule has 0 aliphatic rings. The van der Waals surface area contributed by atoms with Gasteiger partial charge in [-0.2, -0.15) is 0 Å². The molecule has 0 aliphatic carbocycles. The lowest BCUT2D eigenvalue weighted by Gasteiger charge is -2.15. The molecular weight excluding hydrogens is 142 g/mol. The second-order valence-electron chi connectivity index (χ2n) is 1.23.